The van der Waals surface area contributed by atoms with Gasteiger partial charge in [0.1, 0.15) is 5.92 Å². The van der Waals surface area contributed by atoms with Crippen LogP contribution in [-0.4, -0.2) is 16.3 Å². The van der Waals surface area contributed by atoms with Crippen LogP contribution in [0.5, 0.6) is 0 Å². The van der Waals surface area contributed by atoms with Gasteiger partial charge in [-0.25, -0.2) is 0 Å². The van der Waals surface area contributed by atoms with Crippen LogP contribution in [0, 0.1) is 5.41 Å². The molecule has 0 aliphatic heterocycles. The predicted molar refractivity (Wildman–Crippen MR) is 130 cm³/mol. The topological polar surface area (TPSA) is 33.1 Å². The van der Waals surface area contributed by atoms with Crippen molar-refractivity contribution in [1.29, 1.82) is 0 Å². The minimum atomic E-state index is -4.49. The molecule has 1 fully saturated rings. The van der Waals surface area contributed by atoms with Crippen molar-refractivity contribution in [2.24, 2.45) is 5.41 Å². The number of thiophene rings is 1. The molecule has 1 N–H and O–H groups in total. The molecule has 0 bridgehead atoms. The number of aliphatic hydroxyl groups excluding tert-OH is 1. The Balaban J connectivity index is 1.88. The zero-order chi connectivity index (χ0) is 24.1. The number of benzene rings is 1. The maximum Gasteiger partial charge on any atom is 0.399 e. The largest absolute Gasteiger partial charge is 0.399 e. The minimum Gasteiger partial charge on any atom is -0.388 e. The molecule has 0 amide bonds. The van der Waals surface area contributed by atoms with Gasteiger partial charge in [0.15, 0.2) is 0 Å². The molecule has 6 heteroatoms. The van der Waals surface area contributed by atoms with E-state index in [1.165, 1.54) is 11.3 Å². The van der Waals surface area contributed by atoms with Gasteiger partial charge in [0.25, 0.3) is 0 Å². The van der Waals surface area contributed by atoms with Crippen LogP contribution < -0.4 is 0 Å². The number of nitrogens with zero attached hydrogens (tertiary/aromatic N) is 1. The van der Waals surface area contributed by atoms with Gasteiger partial charge in [-0.15, -0.1) is 0 Å². The average molecular weight is 486 g/mol. The first-order valence-corrected chi connectivity index (χ1v) is 13.0. The predicted octanol–water partition coefficient (Wildman–Crippen LogP) is 8.17. The molecular weight excluding hydrogens is 455 g/mol. The molecule has 2 unspecified atom stereocenters. The second-order valence-electron chi connectivity index (χ2n) is 10.6. The standard InChI is InChI=1S/C28H30F3NOS/c1-27(2)14-20-23(21(33)15-27)22(19-12-13-34-16-19)24(26(32-20)18-10-6-7-11-18)25(28(29,30)31)17-8-4-3-5-9-17/h3-5,8-9,12-13,16,18,21,25,33H,6-7,10-11,14-15H2,1-2H3. The van der Waals surface area contributed by atoms with Crippen LogP contribution in [0.3, 0.4) is 0 Å². The lowest BCUT2D eigenvalue weighted by Gasteiger charge is -2.38. The van der Waals surface area contributed by atoms with Gasteiger partial charge in [-0.2, -0.15) is 24.5 Å². The van der Waals surface area contributed by atoms with E-state index in [4.69, 9.17) is 4.98 Å². The highest BCUT2D eigenvalue weighted by molar-refractivity contribution is 7.08. The Morgan fingerprint density at radius 3 is 2.41 bits per heavy atom. The van der Waals surface area contributed by atoms with E-state index in [-0.39, 0.29) is 22.5 Å². The average Bonchev–Trinajstić information content (AvgIpc) is 3.47. The zero-order valence-electron chi connectivity index (χ0n) is 19.5. The highest BCUT2D eigenvalue weighted by atomic mass is 32.1. The number of aliphatic hydroxyl groups is 1. The smallest absolute Gasteiger partial charge is 0.388 e. The SMILES string of the molecule is CC1(C)Cc2nc(C3CCCC3)c(C(c3ccccc3)C(F)(F)F)c(-c3ccsc3)c2C(O)C1. The summed E-state index contributed by atoms with van der Waals surface area (Å²) in [6.45, 7) is 4.19. The van der Waals surface area contributed by atoms with E-state index >= 15 is 0 Å². The van der Waals surface area contributed by atoms with E-state index in [1.54, 1.807) is 30.3 Å². The van der Waals surface area contributed by atoms with Gasteiger partial charge >= 0.3 is 6.18 Å². The quantitative estimate of drug-likeness (QED) is 0.404. The Bertz CT molecular complexity index is 1150. The summed E-state index contributed by atoms with van der Waals surface area (Å²) in [5, 5.41) is 15.1. The van der Waals surface area contributed by atoms with Gasteiger partial charge in [0.2, 0.25) is 0 Å². The third-order valence-corrected chi connectivity index (χ3v) is 8.09. The van der Waals surface area contributed by atoms with Crippen LogP contribution in [0.1, 0.15) is 92.0 Å². The Labute approximate surface area is 202 Å². The Morgan fingerprint density at radius 2 is 1.79 bits per heavy atom. The molecule has 5 rings (SSSR count). The summed E-state index contributed by atoms with van der Waals surface area (Å²) in [5.74, 6) is -1.78. The highest BCUT2D eigenvalue weighted by Crippen LogP contribution is 2.53. The van der Waals surface area contributed by atoms with Gasteiger partial charge < -0.3 is 5.11 Å². The monoisotopic (exact) mass is 485 g/mol. The van der Waals surface area contributed by atoms with Crippen molar-refractivity contribution in [3.63, 3.8) is 0 Å². The third-order valence-electron chi connectivity index (χ3n) is 7.41. The number of pyridine rings is 1. The number of hydrogen-bond acceptors (Lipinski definition) is 3. The van der Waals surface area contributed by atoms with Gasteiger partial charge in [-0.3, -0.25) is 4.98 Å². The Hall–Kier alpha value is -2.18. The fourth-order valence-corrected chi connectivity index (χ4v) is 6.66. The van der Waals surface area contributed by atoms with Crippen LogP contribution in [-0.2, 0) is 6.42 Å². The van der Waals surface area contributed by atoms with Crippen molar-refractivity contribution in [3.05, 3.63) is 75.2 Å². The molecule has 3 aromatic rings. The molecule has 0 radical (unpaired) electrons. The van der Waals surface area contributed by atoms with Crippen molar-refractivity contribution < 1.29 is 18.3 Å². The Morgan fingerprint density at radius 1 is 1.09 bits per heavy atom. The van der Waals surface area contributed by atoms with E-state index in [0.29, 0.717) is 29.7 Å². The summed E-state index contributed by atoms with van der Waals surface area (Å²) in [5.41, 5.74) is 3.57. The van der Waals surface area contributed by atoms with Crippen LogP contribution in [0.25, 0.3) is 11.1 Å². The molecule has 2 atom stereocenters. The number of aromatic nitrogens is 1. The third kappa shape index (κ3) is 4.31. The highest BCUT2D eigenvalue weighted by Gasteiger charge is 2.47. The first kappa shape index (κ1) is 23.6. The molecule has 2 aromatic heterocycles. The number of alkyl halides is 3. The van der Waals surface area contributed by atoms with Crippen LogP contribution in [0.2, 0.25) is 0 Å². The van der Waals surface area contributed by atoms with Crippen LogP contribution in [0.15, 0.2) is 47.2 Å². The van der Waals surface area contributed by atoms with Crippen molar-refractivity contribution >= 4 is 11.3 Å². The van der Waals surface area contributed by atoms with Crippen molar-refractivity contribution in [2.75, 3.05) is 0 Å². The van der Waals surface area contributed by atoms with E-state index in [2.05, 4.69) is 13.8 Å². The van der Waals surface area contributed by atoms with Gasteiger partial charge in [-0.1, -0.05) is 57.0 Å². The second kappa shape index (κ2) is 8.80. The molecule has 2 heterocycles. The normalized spacial score (nSPS) is 21.4. The minimum absolute atomic E-state index is 0.00781. The van der Waals surface area contributed by atoms with E-state index in [1.807, 2.05) is 16.8 Å². The molecule has 0 spiro atoms. The number of halogens is 3. The zero-order valence-corrected chi connectivity index (χ0v) is 20.3. The molecule has 1 saturated carbocycles. The maximum absolute atomic E-state index is 14.9. The summed E-state index contributed by atoms with van der Waals surface area (Å²) >= 11 is 1.46. The summed E-state index contributed by atoms with van der Waals surface area (Å²) in [7, 11) is 0. The summed E-state index contributed by atoms with van der Waals surface area (Å²) in [4.78, 5) is 5.02. The lowest BCUT2D eigenvalue weighted by Crippen LogP contribution is -2.31. The molecule has 1 aromatic carbocycles. The van der Waals surface area contributed by atoms with Crippen LogP contribution >= 0.6 is 11.3 Å². The lowest BCUT2D eigenvalue weighted by atomic mass is 9.70. The van der Waals surface area contributed by atoms with E-state index in [0.717, 1.165) is 36.9 Å². The summed E-state index contributed by atoms with van der Waals surface area (Å²) < 4.78 is 44.8. The molecule has 0 saturated heterocycles. The molecule has 2 aliphatic rings. The Kier molecular flexibility index (Phi) is 6.09. The van der Waals surface area contributed by atoms with Crippen molar-refractivity contribution in [3.8, 4) is 11.1 Å². The molecule has 34 heavy (non-hydrogen) atoms. The molecule has 180 valence electrons. The van der Waals surface area contributed by atoms with E-state index in [9.17, 15) is 18.3 Å². The second-order valence-corrected chi connectivity index (χ2v) is 11.4. The lowest BCUT2D eigenvalue weighted by molar-refractivity contribution is -0.141. The van der Waals surface area contributed by atoms with Crippen molar-refractivity contribution in [2.45, 2.75) is 76.5 Å². The molecule has 2 aliphatic carbocycles. The fraction of sp³-hybridized carbons (Fsp3) is 0.464. The van der Waals surface area contributed by atoms with Crippen LogP contribution in [0.4, 0.5) is 13.2 Å². The molecule has 2 nitrogen and oxygen atoms in total. The van der Waals surface area contributed by atoms with Crippen molar-refractivity contribution in [1.82, 2.24) is 4.98 Å². The number of fused-ring (bicyclic) bond motifs is 1. The number of hydrogen-bond donors (Lipinski definition) is 1. The molecular formula is C28H30F3NOS. The first-order valence-electron chi connectivity index (χ1n) is 12.0. The van der Waals surface area contributed by atoms with Gasteiger partial charge in [0, 0.05) is 22.9 Å². The summed E-state index contributed by atoms with van der Waals surface area (Å²) in [6.07, 6.45) is -0.460. The maximum atomic E-state index is 14.9. The summed E-state index contributed by atoms with van der Waals surface area (Å²) in [6, 6.07) is 10.1. The van der Waals surface area contributed by atoms with E-state index < -0.39 is 18.2 Å². The first-order chi connectivity index (χ1) is 16.2. The number of rotatable bonds is 4. The van der Waals surface area contributed by atoms with Gasteiger partial charge in [0.05, 0.1) is 6.10 Å². The fourth-order valence-electron chi connectivity index (χ4n) is 6.01. The van der Waals surface area contributed by atoms with Gasteiger partial charge in [-0.05, 0) is 70.2 Å².